The van der Waals surface area contributed by atoms with Gasteiger partial charge in [0.15, 0.2) is 11.4 Å². The summed E-state index contributed by atoms with van der Waals surface area (Å²) < 4.78 is 38.9. The van der Waals surface area contributed by atoms with Gasteiger partial charge in [-0.1, -0.05) is 24.3 Å². The Balaban J connectivity index is 1.31. The molecule has 44 heavy (non-hydrogen) atoms. The van der Waals surface area contributed by atoms with Crippen molar-refractivity contribution in [1.82, 2.24) is 24.5 Å². The monoisotopic (exact) mass is 592 g/mol. The molecule has 1 unspecified atom stereocenters. The fraction of sp³-hybridized carbons (Fsp3) is 0.294. The normalized spacial score (nSPS) is 15.3. The first-order chi connectivity index (χ1) is 21.3. The molecule has 1 atom stereocenters. The van der Waals surface area contributed by atoms with Gasteiger partial charge in [0.25, 0.3) is 0 Å². The van der Waals surface area contributed by atoms with Crippen molar-refractivity contribution < 1.29 is 18.3 Å². The van der Waals surface area contributed by atoms with E-state index in [0.29, 0.717) is 45.8 Å². The summed E-state index contributed by atoms with van der Waals surface area (Å²) in [6.45, 7) is 4.19. The van der Waals surface area contributed by atoms with Crippen molar-refractivity contribution in [3.8, 4) is 17.3 Å². The molecule has 1 aliphatic rings. The lowest BCUT2D eigenvalue weighted by molar-refractivity contribution is -0.0298. The summed E-state index contributed by atoms with van der Waals surface area (Å²) in [5.41, 5.74) is 2.76. The summed E-state index contributed by atoms with van der Waals surface area (Å²) in [7, 11) is 0. The maximum atomic E-state index is 15.9. The van der Waals surface area contributed by atoms with E-state index < -0.39 is 17.0 Å². The van der Waals surface area contributed by atoms with Gasteiger partial charge in [0.2, 0.25) is 0 Å². The number of nitrogens with zero attached hydrogens (tertiary/aromatic N) is 6. The Morgan fingerprint density at radius 2 is 1.95 bits per heavy atom. The van der Waals surface area contributed by atoms with Crippen LogP contribution in [0.5, 0.6) is 0 Å². The van der Waals surface area contributed by atoms with E-state index in [1.165, 1.54) is 18.5 Å². The van der Waals surface area contributed by atoms with Crippen molar-refractivity contribution in [2.45, 2.75) is 57.6 Å². The lowest BCUT2D eigenvalue weighted by Crippen LogP contribution is -2.17. The van der Waals surface area contributed by atoms with Gasteiger partial charge in [0.1, 0.15) is 35.4 Å². The maximum Gasteiger partial charge on any atom is 0.167 e. The fourth-order valence-corrected chi connectivity index (χ4v) is 5.53. The van der Waals surface area contributed by atoms with E-state index in [2.05, 4.69) is 26.0 Å². The van der Waals surface area contributed by atoms with Crippen LogP contribution in [0.25, 0.3) is 22.4 Å². The van der Waals surface area contributed by atoms with E-state index in [1.54, 1.807) is 62.8 Å². The zero-order valence-corrected chi connectivity index (χ0v) is 24.4. The molecule has 222 valence electrons. The minimum atomic E-state index is -0.796. The highest BCUT2D eigenvalue weighted by Crippen LogP contribution is 2.32. The number of nitriles is 1. The number of Topliss-reactive ketones (excluding diaryl/α,β-unsaturated/α-hetero) is 1. The minimum absolute atomic E-state index is 0.0736. The number of hydrogen-bond acceptors (Lipinski definition) is 7. The van der Waals surface area contributed by atoms with Crippen LogP contribution < -0.4 is 0 Å². The predicted octanol–water partition coefficient (Wildman–Crippen LogP) is 6.68. The van der Waals surface area contributed by atoms with Crippen LogP contribution in [0, 0.1) is 23.0 Å². The first-order valence-corrected chi connectivity index (χ1v) is 14.5. The third-order valence-electron chi connectivity index (χ3n) is 8.12. The minimum Gasteiger partial charge on any atom is -0.358 e. The van der Waals surface area contributed by atoms with E-state index in [1.807, 2.05) is 4.57 Å². The molecule has 6 rings (SSSR count). The number of ether oxygens (including phenoxy) is 1. The predicted molar refractivity (Wildman–Crippen MR) is 160 cm³/mol. The van der Waals surface area contributed by atoms with Crippen LogP contribution in [0.1, 0.15) is 72.1 Å². The average Bonchev–Trinajstić information content (AvgIpc) is 3.49. The van der Waals surface area contributed by atoms with Crippen molar-refractivity contribution in [3.63, 3.8) is 0 Å². The molecule has 1 saturated heterocycles. The highest BCUT2D eigenvalue weighted by atomic mass is 19.1. The smallest absolute Gasteiger partial charge is 0.167 e. The molecule has 0 aliphatic carbocycles. The van der Waals surface area contributed by atoms with Crippen molar-refractivity contribution in [2.75, 3.05) is 6.61 Å². The van der Waals surface area contributed by atoms with Crippen LogP contribution in [-0.4, -0.2) is 36.9 Å². The summed E-state index contributed by atoms with van der Waals surface area (Å²) in [5, 5.41) is 9.48. The van der Waals surface area contributed by atoms with Crippen molar-refractivity contribution >= 4 is 16.9 Å². The van der Waals surface area contributed by atoms with Gasteiger partial charge in [-0.3, -0.25) is 14.3 Å². The van der Waals surface area contributed by atoms with E-state index in [0.717, 1.165) is 19.3 Å². The SMILES string of the molecule is CC(C)(C#N)c1cccc(C(=O)Cc2ccc(F)c(Cc3ncccc3-c3ncnc4c3ncn4C3CCCCO3)c2F)c1. The molecule has 0 saturated carbocycles. The number of benzene rings is 2. The quantitative estimate of drug-likeness (QED) is 0.185. The number of halogens is 2. The standard InChI is InChI=1S/C34H30F2N6O2/c1-34(2,18-37)23-8-5-7-21(15-23)28(43)16-22-11-12-26(35)25(30(22)36)17-27-24(9-6-13-38-27)31-32-33(40-19-39-31)42(20-41-32)29-10-3-4-14-44-29/h5-9,11-13,15,19-20,29H,3-4,10,14,16-17H2,1-2H3. The van der Waals surface area contributed by atoms with Gasteiger partial charge in [0.05, 0.1) is 23.5 Å². The second kappa shape index (κ2) is 12.0. The summed E-state index contributed by atoms with van der Waals surface area (Å²) >= 11 is 0. The number of hydrogen-bond donors (Lipinski definition) is 0. The number of carbonyl (C=O) groups excluding carboxylic acids is 1. The van der Waals surface area contributed by atoms with E-state index in [4.69, 9.17) is 4.74 Å². The summed E-state index contributed by atoms with van der Waals surface area (Å²) in [4.78, 5) is 31.2. The van der Waals surface area contributed by atoms with Crippen LogP contribution >= 0.6 is 0 Å². The average molecular weight is 593 g/mol. The third-order valence-corrected chi connectivity index (χ3v) is 8.12. The Bertz CT molecular complexity index is 1910. The van der Waals surface area contributed by atoms with Gasteiger partial charge in [-0.05, 0) is 68.5 Å². The van der Waals surface area contributed by atoms with Crippen LogP contribution in [0.15, 0.2) is 67.4 Å². The van der Waals surface area contributed by atoms with Crippen LogP contribution in [0.3, 0.4) is 0 Å². The molecule has 1 fully saturated rings. The Morgan fingerprint density at radius 1 is 1.09 bits per heavy atom. The van der Waals surface area contributed by atoms with Gasteiger partial charge in [-0.2, -0.15) is 5.26 Å². The lowest BCUT2D eigenvalue weighted by Gasteiger charge is -2.23. The van der Waals surface area contributed by atoms with Gasteiger partial charge in [0, 0.05) is 42.3 Å². The Hall–Kier alpha value is -4.88. The van der Waals surface area contributed by atoms with Crippen molar-refractivity contribution in [3.05, 3.63) is 107 Å². The zero-order chi connectivity index (χ0) is 30.8. The zero-order valence-electron chi connectivity index (χ0n) is 24.4. The number of aromatic nitrogens is 5. The third kappa shape index (κ3) is 5.58. The molecule has 3 aromatic heterocycles. The summed E-state index contributed by atoms with van der Waals surface area (Å²) in [6, 6.07) is 15.0. The topological polar surface area (TPSA) is 107 Å². The molecular formula is C34H30F2N6O2. The Labute approximate surface area is 253 Å². The molecule has 0 N–H and O–H groups in total. The highest BCUT2D eigenvalue weighted by molar-refractivity contribution is 5.97. The number of rotatable bonds is 8. The first-order valence-electron chi connectivity index (χ1n) is 14.5. The molecule has 10 heteroatoms. The second-order valence-electron chi connectivity index (χ2n) is 11.5. The number of carbonyl (C=O) groups is 1. The summed E-state index contributed by atoms with van der Waals surface area (Å²) in [5.74, 6) is -1.87. The molecular weight excluding hydrogens is 562 g/mol. The van der Waals surface area contributed by atoms with Gasteiger partial charge < -0.3 is 4.74 Å². The highest BCUT2D eigenvalue weighted by Gasteiger charge is 2.24. The Morgan fingerprint density at radius 3 is 2.75 bits per heavy atom. The molecule has 8 nitrogen and oxygen atoms in total. The molecule has 0 radical (unpaired) electrons. The molecule has 4 heterocycles. The van der Waals surface area contributed by atoms with Gasteiger partial charge in [-0.15, -0.1) is 0 Å². The fourth-order valence-electron chi connectivity index (χ4n) is 5.53. The number of pyridine rings is 1. The first kappa shape index (κ1) is 29.2. The van der Waals surface area contributed by atoms with Crippen LogP contribution in [-0.2, 0) is 23.0 Å². The van der Waals surface area contributed by atoms with Crippen molar-refractivity contribution in [1.29, 1.82) is 5.26 Å². The van der Waals surface area contributed by atoms with Crippen LogP contribution in [0.2, 0.25) is 0 Å². The number of ketones is 1. The van der Waals surface area contributed by atoms with Crippen molar-refractivity contribution in [2.24, 2.45) is 0 Å². The molecule has 0 spiro atoms. The van der Waals surface area contributed by atoms with Gasteiger partial charge >= 0.3 is 0 Å². The largest absolute Gasteiger partial charge is 0.358 e. The summed E-state index contributed by atoms with van der Waals surface area (Å²) in [6.07, 6.45) is 6.99. The van der Waals surface area contributed by atoms with E-state index >= 15 is 8.78 Å². The Kier molecular flexibility index (Phi) is 7.97. The molecule has 1 aliphatic heterocycles. The molecule has 5 aromatic rings. The van der Waals surface area contributed by atoms with E-state index in [-0.39, 0.29) is 36.0 Å². The number of imidazole rings is 1. The lowest BCUT2D eigenvalue weighted by atomic mass is 9.85. The maximum absolute atomic E-state index is 15.9. The van der Waals surface area contributed by atoms with E-state index in [9.17, 15) is 10.1 Å². The molecule has 0 bridgehead atoms. The molecule has 2 aromatic carbocycles. The second-order valence-corrected chi connectivity index (χ2v) is 11.5. The van der Waals surface area contributed by atoms with Crippen LogP contribution in [0.4, 0.5) is 8.78 Å². The molecule has 0 amide bonds. The number of fused-ring (bicyclic) bond motifs is 1. The van der Waals surface area contributed by atoms with Gasteiger partial charge in [-0.25, -0.2) is 23.7 Å².